The number of halogens is 1. The second-order valence-electron chi connectivity index (χ2n) is 3.54. The van der Waals surface area contributed by atoms with E-state index in [-0.39, 0.29) is 12.2 Å². The van der Waals surface area contributed by atoms with Gasteiger partial charge in [-0.15, -0.1) is 0 Å². The number of nitrogens with zero attached hydrogens (tertiary/aromatic N) is 2. The predicted molar refractivity (Wildman–Crippen MR) is 65.9 cm³/mol. The van der Waals surface area contributed by atoms with Crippen molar-refractivity contribution in [3.05, 3.63) is 53.1 Å². The molecule has 5 heteroatoms. The first-order valence-electron chi connectivity index (χ1n) is 5.00. The van der Waals surface area contributed by atoms with Crippen molar-refractivity contribution < 1.29 is 4.79 Å². The van der Waals surface area contributed by atoms with Crippen molar-refractivity contribution in [3.8, 4) is 0 Å². The summed E-state index contributed by atoms with van der Waals surface area (Å²) >= 11 is 5.65. The van der Waals surface area contributed by atoms with Crippen LogP contribution in [-0.2, 0) is 6.42 Å². The fourth-order valence-corrected chi connectivity index (χ4v) is 1.51. The van der Waals surface area contributed by atoms with Crippen LogP contribution in [0.2, 0.25) is 5.15 Å². The molecule has 0 aliphatic carbocycles. The molecule has 2 aromatic rings. The van der Waals surface area contributed by atoms with Gasteiger partial charge in [-0.05, 0) is 18.2 Å². The van der Waals surface area contributed by atoms with Gasteiger partial charge in [-0.25, -0.2) is 4.98 Å². The molecule has 17 heavy (non-hydrogen) atoms. The summed E-state index contributed by atoms with van der Waals surface area (Å²) in [6, 6.07) is 4.90. The number of nitrogens with two attached hydrogens (primary N) is 1. The Labute approximate surface area is 103 Å². The van der Waals surface area contributed by atoms with Gasteiger partial charge in [0, 0.05) is 41.8 Å². The molecule has 0 spiro atoms. The fourth-order valence-electron chi connectivity index (χ4n) is 1.40. The Kier molecular flexibility index (Phi) is 3.35. The minimum absolute atomic E-state index is 0.0612. The van der Waals surface area contributed by atoms with Crippen molar-refractivity contribution in [3.63, 3.8) is 0 Å². The second-order valence-corrected chi connectivity index (χ2v) is 3.93. The molecule has 0 unspecified atom stereocenters. The Morgan fingerprint density at radius 2 is 2.12 bits per heavy atom. The molecule has 2 rings (SSSR count). The topological polar surface area (TPSA) is 68.9 Å². The molecule has 0 aromatic carbocycles. The van der Waals surface area contributed by atoms with E-state index in [1.165, 1.54) is 6.20 Å². The zero-order valence-electron chi connectivity index (χ0n) is 8.93. The number of rotatable bonds is 3. The minimum atomic E-state index is -0.0612. The third-order valence-electron chi connectivity index (χ3n) is 2.34. The van der Waals surface area contributed by atoms with Gasteiger partial charge in [0.1, 0.15) is 5.15 Å². The number of hydrogen-bond acceptors (Lipinski definition) is 4. The van der Waals surface area contributed by atoms with Crippen molar-refractivity contribution in [1.29, 1.82) is 0 Å². The normalized spacial score (nSPS) is 10.2. The van der Waals surface area contributed by atoms with E-state index < -0.39 is 0 Å². The number of ketones is 1. The standard InChI is InChI=1S/C12H10ClN3O/c13-12-2-1-8(7-16-12)11(17)5-9-6-15-4-3-10(9)14/h1-4,6-7H,5H2,(H2,14,15). The summed E-state index contributed by atoms with van der Waals surface area (Å²) in [5.41, 5.74) is 7.53. The van der Waals surface area contributed by atoms with Crippen molar-refractivity contribution in [2.75, 3.05) is 5.73 Å². The van der Waals surface area contributed by atoms with E-state index in [0.717, 1.165) is 0 Å². The van der Waals surface area contributed by atoms with Crippen LogP contribution in [0, 0.1) is 0 Å². The molecule has 0 fully saturated rings. The van der Waals surface area contributed by atoms with Crippen molar-refractivity contribution in [2.24, 2.45) is 0 Å². The SMILES string of the molecule is Nc1ccncc1CC(=O)c1ccc(Cl)nc1. The Hall–Kier alpha value is -1.94. The fraction of sp³-hybridized carbons (Fsp3) is 0.0833. The molecule has 86 valence electrons. The number of pyridine rings is 2. The average molecular weight is 248 g/mol. The lowest BCUT2D eigenvalue weighted by Crippen LogP contribution is -2.06. The molecule has 0 saturated heterocycles. The van der Waals surface area contributed by atoms with Gasteiger partial charge in [0.2, 0.25) is 0 Å². The summed E-state index contributed by atoms with van der Waals surface area (Å²) in [6.45, 7) is 0. The Morgan fingerprint density at radius 1 is 1.29 bits per heavy atom. The highest BCUT2D eigenvalue weighted by molar-refractivity contribution is 6.29. The lowest BCUT2D eigenvalue weighted by molar-refractivity contribution is 0.0992. The van der Waals surface area contributed by atoms with Crippen molar-refractivity contribution in [2.45, 2.75) is 6.42 Å². The first-order valence-corrected chi connectivity index (χ1v) is 5.38. The zero-order chi connectivity index (χ0) is 12.3. The smallest absolute Gasteiger partial charge is 0.168 e. The molecule has 0 saturated carbocycles. The van der Waals surface area contributed by atoms with E-state index in [0.29, 0.717) is 22.0 Å². The van der Waals surface area contributed by atoms with Crippen LogP contribution in [-0.4, -0.2) is 15.8 Å². The number of aromatic nitrogens is 2. The molecule has 0 aliphatic heterocycles. The number of carbonyl (C=O) groups is 1. The van der Waals surface area contributed by atoms with Gasteiger partial charge in [-0.1, -0.05) is 11.6 Å². The number of hydrogen-bond donors (Lipinski definition) is 1. The molecular weight excluding hydrogens is 238 g/mol. The van der Waals surface area contributed by atoms with E-state index in [2.05, 4.69) is 9.97 Å². The van der Waals surface area contributed by atoms with Gasteiger partial charge in [-0.2, -0.15) is 0 Å². The molecule has 2 N–H and O–H groups in total. The van der Waals surface area contributed by atoms with E-state index >= 15 is 0 Å². The molecule has 2 aromatic heterocycles. The molecule has 2 heterocycles. The van der Waals surface area contributed by atoms with Gasteiger partial charge in [0.15, 0.2) is 5.78 Å². The van der Waals surface area contributed by atoms with E-state index in [1.807, 2.05) is 0 Å². The molecule has 0 radical (unpaired) electrons. The van der Waals surface area contributed by atoms with Crippen LogP contribution < -0.4 is 5.73 Å². The van der Waals surface area contributed by atoms with Gasteiger partial charge in [-0.3, -0.25) is 9.78 Å². The molecule has 0 bridgehead atoms. The average Bonchev–Trinajstić information content (AvgIpc) is 2.33. The number of anilines is 1. The Bertz CT molecular complexity index is 540. The molecule has 0 amide bonds. The van der Waals surface area contributed by atoms with Gasteiger partial charge >= 0.3 is 0 Å². The van der Waals surface area contributed by atoms with Gasteiger partial charge in [0.25, 0.3) is 0 Å². The monoisotopic (exact) mass is 247 g/mol. The summed E-state index contributed by atoms with van der Waals surface area (Å²) in [6.07, 6.45) is 4.85. The highest BCUT2D eigenvalue weighted by Gasteiger charge is 2.09. The number of Topliss-reactive ketones (excluding diaryl/α,β-unsaturated/α-hetero) is 1. The van der Waals surface area contributed by atoms with E-state index in [9.17, 15) is 4.79 Å². The van der Waals surface area contributed by atoms with Crippen LogP contribution >= 0.6 is 11.6 Å². The Morgan fingerprint density at radius 3 is 2.76 bits per heavy atom. The maximum atomic E-state index is 11.9. The van der Waals surface area contributed by atoms with E-state index in [4.69, 9.17) is 17.3 Å². The van der Waals surface area contributed by atoms with Crippen LogP contribution in [0.5, 0.6) is 0 Å². The summed E-state index contributed by atoms with van der Waals surface area (Å²) in [7, 11) is 0. The third kappa shape index (κ3) is 2.79. The summed E-state index contributed by atoms with van der Waals surface area (Å²) in [5.74, 6) is -0.0612. The van der Waals surface area contributed by atoms with Crippen molar-refractivity contribution in [1.82, 2.24) is 9.97 Å². The van der Waals surface area contributed by atoms with Crippen molar-refractivity contribution >= 4 is 23.1 Å². The highest BCUT2D eigenvalue weighted by atomic mass is 35.5. The lowest BCUT2D eigenvalue weighted by atomic mass is 10.1. The first-order chi connectivity index (χ1) is 8.16. The van der Waals surface area contributed by atoms with Crippen LogP contribution in [0.4, 0.5) is 5.69 Å². The molecular formula is C12H10ClN3O. The number of nitrogen functional groups attached to an aromatic ring is 1. The zero-order valence-corrected chi connectivity index (χ0v) is 9.69. The largest absolute Gasteiger partial charge is 0.398 e. The molecule has 0 atom stereocenters. The predicted octanol–water partition coefficient (Wildman–Crippen LogP) is 2.14. The maximum absolute atomic E-state index is 11.9. The van der Waals surface area contributed by atoms with Gasteiger partial charge in [0.05, 0.1) is 0 Å². The lowest BCUT2D eigenvalue weighted by Gasteiger charge is -2.03. The van der Waals surface area contributed by atoms with Crippen LogP contribution in [0.25, 0.3) is 0 Å². The summed E-state index contributed by atoms with van der Waals surface area (Å²) < 4.78 is 0. The molecule has 4 nitrogen and oxygen atoms in total. The number of carbonyl (C=O) groups excluding carboxylic acids is 1. The summed E-state index contributed by atoms with van der Waals surface area (Å²) in [5, 5.41) is 0.363. The van der Waals surface area contributed by atoms with Crippen LogP contribution in [0.1, 0.15) is 15.9 Å². The summed E-state index contributed by atoms with van der Waals surface area (Å²) in [4.78, 5) is 19.7. The first kappa shape index (κ1) is 11.5. The van der Waals surface area contributed by atoms with E-state index in [1.54, 1.807) is 30.6 Å². The molecule has 0 aliphatic rings. The van der Waals surface area contributed by atoms with Crippen LogP contribution in [0.15, 0.2) is 36.8 Å². The van der Waals surface area contributed by atoms with Gasteiger partial charge < -0.3 is 5.73 Å². The maximum Gasteiger partial charge on any atom is 0.168 e. The minimum Gasteiger partial charge on any atom is -0.398 e. The third-order valence-corrected chi connectivity index (χ3v) is 2.57. The Balaban J connectivity index is 2.17. The quantitative estimate of drug-likeness (QED) is 0.666. The highest BCUT2D eigenvalue weighted by Crippen LogP contribution is 2.13. The second kappa shape index (κ2) is 4.93. The van der Waals surface area contributed by atoms with Crippen LogP contribution in [0.3, 0.4) is 0 Å².